The monoisotopic (exact) mass is 436 g/mol. The maximum atomic E-state index is 12.7. The van der Waals surface area contributed by atoms with Gasteiger partial charge >= 0.3 is 6.03 Å². The van der Waals surface area contributed by atoms with Crippen molar-refractivity contribution in [3.63, 3.8) is 0 Å². The highest BCUT2D eigenvalue weighted by Crippen LogP contribution is 2.28. The number of nitrogens with one attached hydrogen (secondary N) is 1. The molecule has 1 aliphatic rings. The Balaban J connectivity index is 1.29. The second-order valence-electron chi connectivity index (χ2n) is 7.30. The largest absolute Gasteiger partial charge is 0.492 e. The highest BCUT2D eigenvalue weighted by molar-refractivity contribution is 5.89. The van der Waals surface area contributed by atoms with Gasteiger partial charge in [-0.2, -0.15) is 5.10 Å². The van der Waals surface area contributed by atoms with Crippen LogP contribution in [0.3, 0.4) is 0 Å². The summed E-state index contributed by atoms with van der Waals surface area (Å²) in [6.07, 6.45) is 3.59. The van der Waals surface area contributed by atoms with Crippen molar-refractivity contribution in [1.29, 1.82) is 0 Å². The van der Waals surface area contributed by atoms with Gasteiger partial charge in [0.2, 0.25) is 0 Å². The summed E-state index contributed by atoms with van der Waals surface area (Å²) in [6, 6.07) is 15.6. The van der Waals surface area contributed by atoms with Crippen molar-refractivity contribution in [2.75, 3.05) is 43.0 Å². The Labute approximate surface area is 185 Å². The summed E-state index contributed by atoms with van der Waals surface area (Å²) in [5.74, 6) is 0.663. The van der Waals surface area contributed by atoms with Gasteiger partial charge < -0.3 is 19.9 Å². The number of nitro benzene ring substituents is 1. The summed E-state index contributed by atoms with van der Waals surface area (Å²) in [6.45, 7) is 3.08. The highest BCUT2D eigenvalue weighted by Gasteiger charge is 2.25. The molecule has 3 aromatic rings. The van der Waals surface area contributed by atoms with E-state index in [0.29, 0.717) is 56.5 Å². The molecule has 0 unspecified atom stereocenters. The van der Waals surface area contributed by atoms with E-state index >= 15 is 0 Å². The van der Waals surface area contributed by atoms with Gasteiger partial charge in [0.05, 0.1) is 11.5 Å². The fourth-order valence-corrected chi connectivity index (χ4v) is 3.59. The van der Waals surface area contributed by atoms with E-state index in [1.54, 1.807) is 40.0 Å². The van der Waals surface area contributed by atoms with Crippen molar-refractivity contribution in [3.05, 3.63) is 77.1 Å². The standard InChI is InChI=1S/C22H24N6O4/c29-22(24-18-5-3-6-19(17-18)32-16-15-27-10-4-9-23-27)26-13-11-25(12-14-26)20-7-1-2-8-21(20)28(30)31/h1-10,17H,11-16H2,(H,24,29). The van der Waals surface area contributed by atoms with Gasteiger partial charge in [-0.05, 0) is 24.3 Å². The van der Waals surface area contributed by atoms with Crippen LogP contribution in [0.1, 0.15) is 0 Å². The van der Waals surface area contributed by atoms with Gasteiger partial charge in [-0.15, -0.1) is 0 Å². The fraction of sp³-hybridized carbons (Fsp3) is 0.273. The van der Waals surface area contributed by atoms with E-state index in [0.717, 1.165) is 0 Å². The highest BCUT2D eigenvalue weighted by atomic mass is 16.6. The van der Waals surface area contributed by atoms with Crippen molar-refractivity contribution in [2.45, 2.75) is 6.54 Å². The molecule has 4 rings (SSSR count). The summed E-state index contributed by atoms with van der Waals surface area (Å²) in [5.41, 5.74) is 1.31. The number of hydrogen-bond acceptors (Lipinski definition) is 6. The van der Waals surface area contributed by atoms with E-state index in [-0.39, 0.29) is 16.6 Å². The maximum Gasteiger partial charge on any atom is 0.321 e. The number of urea groups is 1. The van der Waals surface area contributed by atoms with Crippen molar-refractivity contribution in [1.82, 2.24) is 14.7 Å². The van der Waals surface area contributed by atoms with Crippen LogP contribution in [0.15, 0.2) is 67.0 Å². The lowest BCUT2D eigenvalue weighted by molar-refractivity contribution is -0.384. The Morgan fingerprint density at radius 2 is 1.91 bits per heavy atom. The molecule has 32 heavy (non-hydrogen) atoms. The minimum atomic E-state index is -0.376. The lowest BCUT2D eigenvalue weighted by Crippen LogP contribution is -2.50. The molecule has 2 heterocycles. The molecule has 0 radical (unpaired) electrons. The first-order valence-electron chi connectivity index (χ1n) is 10.3. The number of nitrogens with zero attached hydrogens (tertiary/aromatic N) is 5. The molecule has 0 bridgehead atoms. The van der Waals surface area contributed by atoms with Gasteiger partial charge in [0.25, 0.3) is 5.69 Å². The van der Waals surface area contributed by atoms with Gasteiger partial charge in [0.1, 0.15) is 18.0 Å². The number of rotatable bonds is 7. The number of aromatic nitrogens is 2. The summed E-state index contributed by atoms with van der Waals surface area (Å²) in [4.78, 5) is 27.3. The number of carbonyl (C=O) groups is 1. The normalized spacial score (nSPS) is 13.6. The molecule has 10 nitrogen and oxygen atoms in total. The summed E-state index contributed by atoms with van der Waals surface area (Å²) in [7, 11) is 0. The smallest absolute Gasteiger partial charge is 0.321 e. The predicted molar refractivity (Wildman–Crippen MR) is 120 cm³/mol. The quantitative estimate of drug-likeness (QED) is 0.450. The molecule has 0 saturated carbocycles. The van der Waals surface area contributed by atoms with Crippen molar-refractivity contribution >= 4 is 23.1 Å². The molecule has 1 N–H and O–H groups in total. The molecule has 1 aromatic heterocycles. The van der Waals surface area contributed by atoms with Crippen molar-refractivity contribution in [3.8, 4) is 5.75 Å². The molecular weight excluding hydrogens is 412 g/mol. The van der Waals surface area contributed by atoms with Crippen LogP contribution in [-0.4, -0.2) is 58.4 Å². The van der Waals surface area contributed by atoms with Crippen LogP contribution in [-0.2, 0) is 6.54 Å². The van der Waals surface area contributed by atoms with Crippen molar-refractivity contribution in [2.24, 2.45) is 0 Å². The minimum Gasteiger partial charge on any atom is -0.492 e. The first kappa shape index (κ1) is 21.2. The summed E-state index contributed by atoms with van der Waals surface area (Å²) < 4.78 is 7.54. The third-order valence-corrected chi connectivity index (χ3v) is 5.22. The molecule has 1 aliphatic heterocycles. The van der Waals surface area contributed by atoms with Gasteiger partial charge in [-0.1, -0.05) is 18.2 Å². The Bertz CT molecular complexity index is 1060. The van der Waals surface area contributed by atoms with Gasteiger partial charge in [0, 0.05) is 56.4 Å². The predicted octanol–water partition coefficient (Wildman–Crippen LogP) is 3.22. The number of nitro groups is 1. The van der Waals surface area contributed by atoms with Gasteiger partial charge in [-0.3, -0.25) is 14.8 Å². The number of anilines is 2. The first-order chi connectivity index (χ1) is 15.6. The maximum absolute atomic E-state index is 12.7. The van der Waals surface area contributed by atoms with Crippen LogP contribution < -0.4 is 15.0 Å². The molecule has 2 amide bonds. The van der Waals surface area contributed by atoms with Crippen LogP contribution in [0.4, 0.5) is 21.9 Å². The third-order valence-electron chi connectivity index (χ3n) is 5.22. The summed E-state index contributed by atoms with van der Waals surface area (Å²) >= 11 is 0. The molecule has 0 spiro atoms. The average Bonchev–Trinajstić information content (AvgIpc) is 3.33. The number of benzene rings is 2. The molecule has 1 fully saturated rings. The Hall–Kier alpha value is -4.08. The van der Waals surface area contributed by atoms with E-state index < -0.39 is 0 Å². The van der Waals surface area contributed by atoms with E-state index in [4.69, 9.17) is 4.74 Å². The molecule has 2 aromatic carbocycles. The molecule has 166 valence electrons. The summed E-state index contributed by atoms with van der Waals surface area (Å²) in [5, 5.41) is 18.3. The SMILES string of the molecule is O=C(Nc1cccc(OCCn2cccn2)c1)N1CCN(c2ccccc2[N+](=O)[O-])CC1. The zero-order valence-corrected chi connectivity index (χ0v) is 17.5. The minimum absolute atomic E-state index is 0.0785. The lowest BCUT2D eigenvalue weighted by atomic mass is 10.2. The van der Waals surface area contributed by atoms with Crippen LogP contribution >= 0.6 is 0 Å². The molecule has 0 atom stereocenters. The third kappa shape index (κ3) is 5.15. The Morgan fingerprint density at radius 3 is 2.66 bits per heavy atom. The van der Waals surface area contributed by atoms with Crippen LogP contribution in [0.2, 0.25) is 0 Å². The molecule has 0 aliphatic carbocycles. The number of hydrogen-bond donors (Lipinski definition) is 1. The molecular formula is C22H24N6O4. The zero-order valence-electron chi connectivity index (χ0n) is 17.5. The Morgan fingerprint density at radius 1 is 1.09 bits per heavy atom. The number of para-hydroxylation sites is 2. The number of piperazine rings is 1. The van der Waals surface area contributed by atoms with Crippen molar-refractivity contribution < 1.29 is 14.5 Å². The average molecular weight is 436 g/mol. The number of ether oxygens (including phenoxy) is 1. The molecule has 10 heteroatoms. The van der Waals surface area contributed by atoms with Gasteiger partial charge in [0.15, 0.2) is 0 Å². The van der Waals surface area contributed by atoms with Gasteiger partial charge in [-0.25, -0.2) is 4.79 Å². The number of amides is 2. The zero-order chi connectivity index (χ0) is 22.3. The van der Waals surface area contributed by atoms with E-state index in [1.807, 2.05) is 35.4 Å². The topological polar surface area (TPSA) is 106 Å². The fourth-order valence-electron chi connectivity index (χ4n) is 3.59. The second-order valence-corrected chi connectivity index (χ2v) is 7.30. The van der Waals surface area contributed by atoms with E-state index in [9.17, 15) is 14.9 Å². The molecule has 1 saturated heterocycles. The van der Waals surface area contributed by atoms with Crippen LogP contribution in [0, 0.1) is 10.1 Å². The first-order valence-corrected chi connectivity index (χ1v) is 10.3. The van der Waals surface area contributed by atoms with E-state index in [2.05, 4.69) is 10.4 Å². The second kappa shape index (κ2) is 9.82. The van der Waals surface area contributed by atoms with Crippen LogP contribution in [0.25, 0.3) is 0 Å². The van der Waals surface area contributed by atoms with Crippen LogP contribution in [0.5, 0.6) is 5.75 Å². The number of carbonyl (C=O) groups excluding carboxylic acids is 1. The lowest BCUT2D eigenvalue weighted by Gasteiger charge is -2.35. The Kier molecular flexibility index (Phi) is 6.49. The van der Waals surface area contributed by atoms with E-state index in [1.165, 1.54) is 6.07 Å².